The Labute approximate surface area is 164 Å². The minimum Gasteiger partial charge on any atom is -0.493 e. The van der Waals surface area contributed by atoms with E-state index in [0.717, 1.165) is 61.5 Å². The van der Waals surface area contributed by atoms with Gasteiger partial charge in [-0.1, -0.05) is 6.07 Å². The van der Waals surface area contributed by atoms with Crippen LogP contribution >= 0.6 is 0 Å². The summed E-state index contributed by atoms with van der Waals surface area (Å²) in [5, 5.41) is 11.3. The highest BCUT2D eigenvalue weighted by Gasteiger charge is 2.30. The maximum atomic E-state index is 12.3. The zero-order chi connectivity index (χ0) is 19.5. The number of hydrogen-bond donors (Lipinski definition) is 2. The number of fused-ring (bicyclic) bond motifs is 1. The van der Waals surface area contributed by atoms with Crippen LogP contribution in [0.5, 0.6) is 5.75 Å². The lowest BCUT2D eigenvalue weighted by molar-refractivity contribution is -0.135. The zero-order valence-electron chi connectivity index (χ0n) is 16.2. The van der Waals surface area contributed by atoms with E-state index < -0.39 is 6.04 Å². The van der Waals surface area contributed by atoms with Crippen molar-refractivity contribution in [2.75, 3.05) is 39.3 Å². The van der Waals surface area contributed by atoms with Crippen molar-refractivity contribution in [3.63, 3.8) is 0 Å². The van der Waals surface area contributed by atoms with Crippen LogP contribution in [0.1, 0.15) is 31.0 Å². The summed E-state index contributed by atoms with van der Waals surface area (Å²) in [6.45, 7) is 7.90. The molecule has 2 saturated heterocycles. The Morgan fingerprint density at radius 2 is 2.07 bits per heavy atom. The van der Waals surface area contributed by atoms with Crippen molar-refractivity contribution in [2.45, 2.75) is 32.2 Å². The number of amides is 2. The van der Waals surface area contributed by atoms with E-state index in [-0.39, 0.29) is 11.8 Å². The molecule has 2 N–H and O–H groups in total. The smallest absolute Gasteiger partial charge is 0.251 e. The number of nitrogens with zero attached hydrogens (tertiary/aromatic N) is 3. The number of hydrogen-bond acceptors (Lipinski definition) is 6. The Morgan fingerprint density at radius 1 is 1.25 bits per heavy atom. The van der Waals surface area contributed by atoms with Gasteiger partial charge in [0.25, 0.3) is 5.91 Å². The van der Waals surface area contributed by atoms with Crippen LogP contribution in [0, 0.1) is 6.92 Å². The Morgan fingerprint density at radius 3 is 2.86 bits per heavy atom. The lowest BCUT2D eigenvalue weighted by Gasteiger charge is -2.27. The van der Waals surface area contributed by atoms with Crippen molar-refractivity contribution >= 4 is 22.7 Å². The Kier molecular flexibility index (Phi) is 5.59. The molecule has 2 aliphatic rings. The Balaban J connectivity index is 1.47. The molecule has 0 radical (unpaired) electrons. The number of nitrogens with one attached hydrogen (secondary N) is 2. The molecule has 1 atom stereocenters. The lowest BCUT2D eigenvalue weighted by atomic mass is 10.1. The fraction of sp³-hybridized carbons (Fsp3) is 0.550. The fourth-order valence-electron chi connectivity index (χ4n) is 4.02. The van der Waals surface area contributed by atoms with Crippen molar-refractivity contribution in [3.05, 3.63) is 23.9 Å². The molecule has 0 bridgehead atoms. The summed E-state index contributed by atoms with van der Waals surface area (Å²) in [6, 6.07) is 5.37. The summed E-state index contributed by atoms with van der Waals surface area (Å²) in [6.07, 6.45) is 1.77. The molecule has 3 heterocycles. The Bertz CT molecular complexity index is 872. The summed E-state index contributed by atoms with van der Waals surface area (Å²) >= 11 is 0. The minimum atomic E-state index is -0.461. The number of imide groups is 1. The number of piperidine rings is 1. The molecule has 0 aliphatic carbocycles. The summed E-state index contributed by atoms with van der Waals surface area (Å²) < 4.78 is 7.82. The van der Waals surface area contributed by atoms with Crippen LogP contribution in [0.25, 0.3) is 10.9 Å². The average Bonchev–Trinajstić information content (AvgIpc) is 3.03. The largest absolute Gasteiger partial charge is 0.493 e. The van der Waals surface area contributed by atoms with E-state index in [4.69, 9.17) is 4.74 Å². The Hall–Kier alpha value is -2.45. The summed E-state index contributed by atoms with van der Waals surface area (Å²) in [4.78, 5) is 26.2. The topological polar surface area (TPSA) is 88.5 Å². The molecule has 28 heavy (non-hydrogen) atoms. The van der Waals surface area contributed by atoms with E-state index in [1.54, 1.807) is 4.68 Å². The molecule has 150 valence electrons. The molecule has 1 aromatic heterocycles. The molecule has 2 aliphatic heterocycles. The number of carbonyl (C=O) groups excluding carboxylic acids is 2. The SMILES string of the molecule is Cc1nn(C2CCC(=O)NC2=O)c2cccc(OCCCN3CCNCC3)c12. The van der Waals surface area contributed by atoms with Crippen LogP contribution in [0.4, 0.5) is 0 Å². The van der Waals surface area contributed by atoms with Gasteiger partial charge in [-0.05, 0) is 31.9 Å². The lowest BCUT2D eigenvalue weighted by Crippen LogP contribution is -2.43. The van der Waals surface area contributed by atoms with Gasteiger partial charge >= 0.3 is 0 Å². The van der Waals surface area contributed by atoms with Crippen LogP contribution in [0.3, 0.4) is 0 Å². The first-order valence-electron chi connectivity index (χ1n) is 10.0. The molecule has 0 saturated carbocycles. The third-order valence-electron chi connectivity index (χ3n) is 5.46. The molecule has 1 aromatic carbocycles. The number of aryl methyl sites for hydroxylation is 1. The van der Waals surface area contributed by atoms with Gasteiger partial charge in [0.2, 0.25) is 5.91 Å². The first-order chi connectivity index (χ1) is 13.6. The molecule has 2 aromatic rings. The van der Waals surface area contributed by atoms with Gasteiger partial charge in [-0.25, -0.2) is 0 Å². The van der Waals surface area contributed by atoms with E-state index in [2.05, 4.69) is 20.6 Å². The van der Waals surface area contributed by atoms with Gasteiger partial charge in [-0.2, -0.15) is 5.10 Å². The van der Waals surface area contributed by atoms with Crippen molar-refractivity contribution in [1.29, 1.82) is 0 Å². The third kappa shape index (κ3) is 3.88. The van der Waals surface area contributed by atoms with Crippen molar-refractivity contribution < 1.29 is 14.3 Å². The zero-order valence-corrected chi connectivity index (χ0v) is 16.2. The van der Waals surface area contributed by atoms with E-state index in [1.807, 2.05) is 25.1 Å². The number of carbonyl (C=O) groups is 2. The van der Waals surface area contributed by atoms with E-state index in [9.17, 15) is 9.59 Å². The molecule has 0 spiro atoms. The molecule has 2 amide bonds. The van der Waals surface area contributed by atoms with Crippen molar-refractivity contribution in [3.8, 4) is 5.75 Å². The molecular formula is C20H27N5O3. The number of ether oxygens (including phenoxy) is 1. The number of rotatable bonds is 6. The molecular weight excluding hydrogens is 358 g/mol. The molecule has 8 nitrogen and oxygen atoms in total. The van der Waals surface area contributed by atoms with Crippen molar-refractivity contribution in [1.82, 2.24) is 25.3 Å². The molecule has 1 unspecified atom stereocenters. The average molecular weight is 385 g/mol. The van der Waals surface area contributed by atoms with Gasteiger partial charge < -0.3 is 15.0 Å². The highest BCUT2D eigenvalue weighted by atomic mass is 16.5. The van der Waals surface area contributed by atoms with Gasteiger partial charge in [-0.15, -0.1) is 0 Å². The molecule has 4 rings (SSSR count). The van der Waals surface area contributed by atoms with E-state index in [1.165, 1.54) is 0 Å². The molecule has 2 fully saturated rings. The van der Waals surface area contributed by atoms with Gasteiger partial charge in [0.05, 0.1) is 23.2 Å². The third-order valence-corrected chi connectivity index (χ3v) is 5.46. The fourth-order valence-corrected chi connectivity index (χ4v) is 4.02. The predicted octanol–water partition coefficient (Wildman–Crippen LogP) is 0.997. The minimum absolute atomic E-state index is 0.219. The van der Waals surface area contributed by atoms with Crippen LogP contribution in [-0.4, -0.2) is 65.8 Å². The second kappa shape index (κ2) is 8.28. The van der Waals surface area contributed by atoms with Crippen LogP contribution in [0.2, 0.25) is 0 Å². The normalized spacial score (nSPS) is 21.1. The highest BCUT2D eigenvalue weighted by Crippen LogP contribution is 2.32. The van der Waals surface area contributed by atoms with Crippen LogP contribution in [-0.2, 0) is 9.59 Å². The summed E-state index contributed by atoms with van der Waals surface area (Å²) in [5.41, 5.74) is 1.70. The standard InChI is InChI=1S/C20H27N5O3/c1-14-19-15(25(23-14)16-6-7-18(26)22-20(16)27)4-2-5-17(19)28-13-3-10-24-11-8-21-9-12-24/h2,4-5,16,21H,3,6-13H2,1H3,(H,22,26,27). The number of aromatic nitrogens is 2. The number of benzene rings is 1. The highest BCUT2D eigenvalue weighted by molar-refractivity contribution is 6.00. The maximum absolute atomic E-state index is 12.3. The predicted molar refractivity (Wildman–Crippen MR) is 105 cm³/mol. The van der Waals surface area contributed by atoms with Gasteiger partial charge in [0, 0.05) is 39.1 Å². The second-order valence-corrected chi connectivity index (χ2v) is 7.44. The van der Waals surface area contributed by atoms with Crippen molar-refractivity contribution in [2.24, 2.45) is 0 Å². The first-order valence-corrected chi connectivity index (χ1v) is 10.0. The second-order valence-electron chi connectivity index (χ2n) is 7.44. The molecule has 8 heteroatoms. The summed E-state index contributed by atoms with van der Waals surface area (Å²) in [5.74, 6) is 0.291. The van der Waals surface area contributed by atoms with Gasteiger partial charge in [0.1, 0.15) is 11.8 Å². The summed E-state index contributed by atoms with van der Waals surface area (Å²) in [7, 11) is 0. The van der Waals surface area contributed by atoms with E-state index in [0.29, 0.717) is 19.4 Å². The van der Waals surface area contributed by atoms with Crippen LogP contribution < -0.4 is 15.4 Å². The quantitative estimate of drug-likeness (QED) is 0.570. The number of piperazine rings is 1. The van der Waals surface area contributed by atoms with Gasteiger partial charge in [0.15, 0.2) is 0 Å². The van der Waals surface area contributed by atoms with Crippen LogP contribution in [0.15, 0.2) is 18.2 Å². The van der Waals surface area contributed by atoms with E-state index >= 15 is 0 Å². The van der Waals surface area contributed by atoms with Gasteiger partial charge in [-0.3, -0.25) is 19.6 Å². The maximum Gasteiger partial charge on any atom is 0.251 e. The monoisotopic (exact) mass is 385 g/mol. The first kappa shape index (κ1) is 18.9.